The minimum absolute atomic E-state index is 0.119. The molecule has 38 heavy (non-hydrogen) atoms. The number of nitro benzene ring substituents is 1. The molecule has 0 aliphatic heterocycles. The number of halogens is 1. The lowest BCUT2D eigenvalue weighted by molar-refractivity contribution is -0.386. The van der Waals surface area contributed by atoms with Gasteiger partial charge in [-0.15, -0.1) is 0 Å². The smallest absolute Gasteiger partial charge is 0.312 e. The number of benzene rings is 3. The van der Waals surface area contributed by atoms with Crippen molar-refractivity contribution in [2.45, 2.75) is 4.90 Å². The number of hydrogen-bond donors (Lipinski definition) is 1. The normalized spacial score (nSPS) is 11.2. The second-order valence-electron chi connectivity index (χ2n) is 7.53. The van der Waals surface area contributed by atoms with Gasteiger partial charge in [0, 0.05) is 11.6 Å². The number of ether oxygens (including phenoxy) is 5. The fourth-order valence-electron chi connectivity index (χ4n) is 3.57. The Morgan fingerprint density at radius 1 is 0.816 bits per heavy atom. The second-order valence-corrected chi connectivity index (χ2v) is 9.22. The summed E-state index contributed by atoms with van der Waals surface area (Å²) < 4.78 is 69.3. The van der Waals surface area contributed by atoms with E-state index in [4.69, 9.17) is 23.7 Å². The molecule has 1 N–H and O–H groups in total. The highest BCUT2D eigenvalue weighted by Gasteiger charge is 2.25. The molecule has 3 aromatic carbocycles. The summed E-state index contributed by atoms with van der Waals surface area (Å²) in [7, 11) is 2.37. The van der Waals surface area contributed by atoms with E-state index in [1.165, 1.54) is 47.7 Å². The Morgan fingerprint density at radius 2 is 1.42 bits per heavy atom. The molecule has 0 aromatic heterocycles. The van der Waals surface area contributed by atoms with Crippen molar-refractivity contribution in [3.05, 3.63) is 69.5 Å². The summed E-state index contributed by atoms with van der Waals surface area (Å²) in [6.07, 6.45) is 3.14. The predicted octanol–water partition coefficient (Wildman–Crippen LogP) is 4.75. The number of methoxy groups -OCH3 is 5. The molecular weight excluding hydrogens is 523 g/mol. The molecule has 0 radical (unpaired) electrons. The highest BCUT2D eigenvalue weighted by atomic mass is 32.2. The SMILES string of the molecule is COc1ccc(S(=O)(=O)Nc2c(/C=C\c3cc(OC)c(OC)c(OC)c3)ccc(F)c2OC)cc1[N+](=O)[O-]. The molecular formula is C25H25FN2O9S. The van der Waals surface area contributed by atoms with Crippen molar-refractivity contribution in [2.24, 2.45) is 0 Å². The number of nitrogens with zero attached hydrogens (tertiary/aromatic N) is 1. The van der Waals surface area contributed by atoms with E-state index in [0.717, 1.165) is 24.3 Å². The highest BCUT2D eigenvalue weighted by Crippen LogP contribution is 2.40. The van der Waals surface area contributed by atoms with Crippen molar-refractivity contribution >= 4 is 33.6 Å². The van der Waals surface area contributed by atoms with E-state index < -0.39 is 31.3 Å². The summed E-state index contributed by atoms with van der Waals surface area (Å²) in [5.74, 6) is -0.140. The van der Waals surface area contributed by atoms with Gasteiger partial charge in [0.05, 0.1) is 45.4 Å². The van der Waals surface area contributed by atoms with Crippen LogP contribution in [0, 0.1) is 15.9 Å². The Morgan fingerprint density at radius 3 is 1.95 bits per heavy atom. The zero-order valence-electron chi connectivity index (χ0n) is 21.1. The van der Waals surface area contributed by atoms with Crippen molar-refractivity contribution in [3.63, 3.8) is 0 Å². The average Bonchev–Trinajstić information content (AvgIpc) is 2.91. The molecule has 0 saturated heterocycles. The topological polar surface area (TPSA) is 135 Å². The van der Waals surface area contributed by atoms with Gasteiger partial charge in [-0.25, -0.2) is 12.8 Å². The van der Waals surface area contributed by atoms with Gasteiger partial charge in [0.15, 0.2) is 28.8 Å². The van der Waals surface area contributed by atoms with Crippen molar-refractivity contribution in [2.75, 3.05) is 40.3 Å². The molecule has 202 valence electrons. The van der Waals surface area contributed by atoms with E-state index in [0.29, 0.717) is 22.8 Å². The van der Waals surface area contributed by atoms with E-state index in [9.17, 15) is 22.9 Å². The van der Waals surface area contributed by atoms with Gasteiger partial charge in [-0.05, 0) is 42.0 Å². The van der Waals surface area contributed by atoms with Crippen molar-refractivity contribution in [1.82, 2.24) is 0 Å². The molecule has 11 nitrogen and oxygen atoms in total. The van der Waals surface area contributed by atoms with Gasteiger partial charge in [0.1, 0.15) is 5.69 Å². The Bertz CT molecular complexity index is 1470. The molecule has 0 spiro atoms. The zero-order valence-corrected chi connectivity index (χ0v) is 21.9. The van der Waals surface area contributed by atoms with Crippen molar-refractivity contribution in [1.29, 1.82) is 0 Å². The van der Waals surface area contributed by atoms with Crippen LogP contribution < -0.4 is 28.4 Å². The lowest BCUT2D eigenvalue weighted by atomic mass is 10.1. The maximum atomic E-state index is 14.6. The molecule has 0 aliphatic carbocycles. The van der Waals surface area contributed by atoms with Crippen LogP contribution in [-0.2, 0) is 10.0 Å². The first-order chi connectivity index (χ1) is 18.1. The van der Waals surface area contributed by atoms with Crippen LogP contribution in [-0.4, -0.2) is 48.9 Å². The van der Waals surface area contributed by atoms with Crippen LogP contribution in [0.1, 0.15) is 11.1 Å². The monoisotopic (exact) mass is 548 g/mol. The average molecular weight is 549 g/mol. The molecule has 0 heterocycles. The lowest BCUT2D eigenvalue weighted by Crippen LogP contribution is -2.15. The van der Waals surface area contributed by atoms with Crippen LogP contribution in [0.25, 0.3) is 12.2 Å². The van der Waals surface area contributed by atoms with Gasteiger partial charge < -0.3 is 23.7 Å². The number of nitro groups is 1. The molecule has 0 fully saturated rings. The number of sulfonamides is 1. The predicted molar refractivity (Wildman–Crippen MR) is 138 cm³/mol. The Labute approximate surface area is 218 Å². The minimum Gasteiger partial charge on any atom is -0.493 e. The highest BCUT2D eigenvalue weighted by molar-refractivity contribution is 7.92. The van der Waals surface area contributed by atoms with Gasteiger partial charge >= 0.3 is 5.69 Å². The van der Waals surface area contributed by atoms with Crippen LogP contribution >= 0.6 is 0 Å². The summed E-state index contributed by atoms with van der Waals surface area (Å²) in [4.78, 5) is 10.2. The zero-order chi connectivity index (χ0) is 28.0. The number of rotatable bonds is 11. The number of hydrogen-bond acceptors (Lipinski definition) is 9. The standard InChI is InChI=1S/C25H25FN2O9S/c1-33-20-11-9-17(14-19(20)28(29)30)38(31,32)27-23-16(8-10-18(26)24(23)36-4)7-6-15-12-21(34-2)25(37-5)22(13-15)35-3/h6-14,27H,1-5H3/b7-6-. The van der Waals surface area contributed by atoms with Gasteiger partial charge in [-0.3, -0.25) is 14.8 Å². The minimum atomic E-state index is -4.43. The number of anilines is 1. The second kappa shape index (κ2) is 11.7. The van der Waals surface area contributed by atoms with Crippen LogP contribution in [0.4, 0.5) is 15.8 Å². The molecule has 0 amide bonds. The molecule has 3 aromatic rings. The van der Waals surface area contributed by atoms with E-state index in [1.807, 2.05) is 0 Å². The third-order valence-electron chi connectivity index (χ3n) is 5.38. The Balaban J connectivity index is 2.10. The maximum Gasteiger partial charge on any atom is 0.312 e. The summed E-state index contributed by atoms with van der Waals surface area (Å²) in [6, 6.07) is 8.92. The van der Waals surface area contributed by atoms with E-state index >= 15 is 0 Å². The fourth-order valence-corrected chi connectivity index (χ4v) is 4.68. The first-order valence-electron chi connectivity index (χ1n) is 10.8. The molecule has 0 unspecified atom stereocenters. The van der Waals surface area contributed by atoms with Gasteiger partial charge in [0.25, 0.3) is 10.0 Å². The largest absolute Gasteiger partial charge is 0.493 e. The quantitative estimate of drug-likeness (QED) is 0.205. The van der Waals surface area contributed by atoms with Gasteiger partial charge in [0.2, 0.25) is 5.75 Å². The van der Waals surface area contributed by atoms with Crippen LogP contribution in [0.15, 0.2) is 47.4 Å². The molecule has 0 saturated carbocycles. The van der Waals surface area contributed by atoms with Gasteiger partial charge in [-0.2, -0.15) is 0 Å². The Hall–Kier alpha value is -4.52. The summed E-state index contributed by atoms with van der Waals surface area (Å²) in [6.45, 7) is 0. The third kappa shape index (κ3) is 5.72. The van der Waals surface area contributed by atoms with E-state index in [-0.39, 0.29) is 22.7 Å². The fraction of sp³-hybridized carbons (Fsp3) is 0.200. The van der Waals surface area contributed by atoms with E-state index in [2.05, 4.69) is 4.72 Å². The van der Waals surface area contributed by atoms with Gasteiger partial charge in [-0.1, -0.05) is 12.2 Å². The molecule has 0 bridgehead atoms. The van der Waals surface area contributed by atoms with Crippen molar-refractivity contribution < 1.29 is 41.4 Å². The molecule has 0 atom stereocenters. The lowest BCUT2D eigenvalue weighted by Gasteiger charge is -2.16. The third-order valence-corrected chi connectivity index (χ3v) is 6.73. The molecule has 13 heteroatoms. The molecule has 0 aliphatic rings. The van der Waals surface area contributed by atoms with Crippen LogP contribution in [0.5, 0.6) is 28.7 Å². The van der Waals surface area contributed by atoms with Crippen LogP contribution in [0.2, 0.25) is 0 Å². The summed E-state index contributed by atoms with van der Waals surface area (Å²) in [5, 5.41) is 11.4. The first-order valence-corrected chi connectivity index (χ1v) is 12.3. The maximum absolute atomic E-state index is 14.6. The Kier molecular flexibility index (Phi) is 8.63. The first kappa shape index (κ1) is 28.1. The number of nitrogens with one attached hydrogen (secondary N) is 1. The summed E-state index contributed by atoms with van der Waals surface area (Å²) >= 11 is 0. The summed E-state index contributed by atoms with van der Waals surface area (Å²) in [5.41, 5.74) is 0.0738. The van der Waals surface area contributed by atoms with Crippen molar-refractivity contribution in [3.8, 4) is 28.7 Å². The molecule has 3 rings (SSSR count). The van der Waals surface area contributed by atoms with Crippen LogP contribution in [0.3, 0.4) is 0 Å². The van der Waals surface area contributed by atoms with E-state index in [1.54, 1.807) is 18.2 Å².